The Kier molecular flexibility index (Phi) is 6.21. The van der Waals surface area contributed by atoms with Gasteiger partial charge in [-0.05, 0) is 36.2 Å². The molecule has 1 saturated heterocycles. The third kappa shape index (κ3) is 5.49. The summed E-state index contributed by atoms with van der Waals surface area (Å²) in [4.78, 5) is 0. The zero-order valence-corrected chi connectivity index (χ0v) is 15.3. The first-order valence-electron chi connectivity index (χ1n) is 8.86. The smallest absolute Gasteiger partial charge is 0.349 e. The highest BCUT2D eigenvalue weighted by atomic mass is 19.4. The van der Waals surface area contributed by atoms with Gasteiger partial charge < -0.3 is 14.8 Å². The summed E-state index contributed by atoms with van der Waals surface area (Å²) in [6, 6.07) is 10.1. The Morgan fingerprint density at radius 3 is 2.10 bits per heavy atom. The summed E-state index contributed by atoms with van der Waals surface area (Å²) < 4.78 is 89.3. The van der Waals surface area contributed by atoms with Crippen molar-refractivity contribution in [3.05, 3.63) is 70.8 Å². The van der Waals surface area contributed by atoms with Gasteiger partial charge >= 0.3 is 12.4 Å². The Balaban J connectivity index is 1.82. The predicted molar refractivity (Wildman–Crippen MR) is 92.8 cm³/mol. The van der Waals surface area contributed by atoms with Gasteiger partial charge in [0.2, 0.25) is 0 Å². The molecule has 0 saturated carbocycles. The third-order valence-electron chi connectivity index (χ3n) is 4.47. The van der Waals surface area contributed by atoms with E-state index in [0.717, 1.165) is 5.56 Å². The van der Waals surface area contributed by atoms with Gasteiger partial charge in [-0.15, -0.1) is 0 Å². The van der Waals surface area contributed by atoms with Gasteiger partial charge in [0.05, 0.1) is 30.4 Å². The molecular weight excluding hydrogens is 400 g/mol. The van der Waals surface area contributed by atoms with E-state index in [1.165, 1.54) is 0 Å². The lowest BCUT2D eigenvalue weighted by Gasteiger charge is -2.36. The molecule has 1 fully saturated rings. The van der Waals surface area contributed by atoms with Crippen LogP contribution in [0, 0.1) is 0 Å². The molecule has 0 bridgehead atoms. The van der Waals surface area contributed by atoms with Gasteiger partial charge in [-0.2, -0.15) is 26.3 Å². The highest BCUT2D eigenvalue weighted by Crippen LogP contribution is 2.36. The summed E-state index contributed by atoms with van der Waals surface area (Å²) in [6.45, 7) is 1.73. The van der Waals surface area contributed by atoms with Crippen LogP contribution in [0.2, 0.25) is 0 Å². The highest BCUT2D eigenvalue weighted by molar-refractivity contribution is 5.33. The van der Waals surface area contributed by atoms with Crippen molar-refractivity contribution in [2.24, 2.45) is 0 Å². The summed E-state index contributed by atoms with van der Waals surface area (Å²) in [7, 11) is 0. The SMILES string of the molecule is C[C@@H]1CO[C@H](OCc2cc(C(F)(F)F)cc(C(F)(F)F)c2)[C@@H](c2ccccc2)N1. The van der Waals surface area contributed by atoms with E-state index in [1.807, 2.05) is 37.3 Å². The van der Waals surface area contributed by atoms with Crippen LogP contribution in [0.4, 0.5) is 26.3 Å². The molecule has 158 valence electrons. The molecule has 1 heterocycles. The topological polar surface area (TPSA) is 30.5 Å². The van der Waals surface area contributed by atoms with E-state index >= 15 is 0 Å². The molecule has 3 nitrogen and oxygen atoms in total. The minimum Gasteiger partial charge on any atom is -0.349 e. The number of morpholine rings is 1. The van der Waals surface area contributed by atoms with Gasteiger partial charge in [-0.3, -0.25) is 0 Å². The molecule has 0 amide bonds. The molecule has 3 rings (SSSR count). The molecule has 0 aliphatic carbocycles. The lowest BCUT2D eigenvalue weighted by molar-refractivity contribution is -0.192. The molecule has 0 aromatic heterocycles. The van der Waals surface area contributed by atoms with Crippen LogP contribution < -0.4 is 5.32 Å². The molecule has 0 radical (unpaired) electrons. The maximum Gasteiger partial charge on any atom is 0.416 e. The van der Waals surface area contributed by atoms with E-state index < -0.39 is 42.4 Å². The Morgan fingerprint density at radius 1 is 0.966 bits per heavy atom. The summed E-state index contributed by atoms with van der Waals surface area (Å²) in [5, 5.41) is 3.28. The van der Waals surface area contributed by atoms with E-state index in [1.54, 1.807) is 0 Å². The van der Waals surface area contributed by atoms with Crippen molar-refractivity contribution in [1.29, 1.82) is 0 Å². The van der Waals surface area contributed by atoms with Crippen molar-refractivity contribution >= 4 is 0 Å². The Bertz CT molecular complexity index is 790. The summed E-state index contributed by atoms with van der Waals surface area (Å²) in [5.74, 6) is 0. The molecular formula is C20H19F6NO2. The monoisotopic (exact) mass is 419 g/mol. The minimum atomic E-state index is -4.90. The molecule has 1 aliphatic rings. The zero-order chi connectivity index (χ0) is 21.2. The van der Waals surface area contributed by atoms with E-state index in [-0.39, 0.29) is 17.7 Å². The van der Waals surface area contributed by atoms with Gasteiger partial charge in [-0.1, -0.05) is 30.3 Å². The first kappa shape index (κ1) is 21.6. The second kappa shape index (κ2) is 8.33. The van der Waals surface area contributed by atoms with Crippen LogP contribution >= 0.6 is 0 Å². The van der Waals surface area contributed by atoms with Crippen molar-refractivity contribution in [1.82, 2.24) is 5.32 Å². The molecule has 1 N–H and O–H groups in total. The van der Waals surface area contributed by atoms with Crippen molar-refractivity contribution < 1.29 is 35.8 Å². The maximum atomic E-state index is 13.0. The highest BCUT2D eigenvalue weighted by Gasteiger charge is 2.37. The quantitative estimate of drug-likeness (QED) is 0.681. The zero-order valence-electron chi connectivity index (χ0n) is 15.3. The van der Waals surface area contributed by atoms with Crippen LogP contribution in [-0.2, 0) is 28.4 Å². The molecule has 0 spiro atoms. The number of alkyl halides is 6. The number of rotatable bonds is 4. The molecule has 3 atom stereocenters. The Morgan fingerprint density at radius 2 is 1.55 bits per heavy atom. The fourth-order valence-corrected chi connectivity index (χ4v) is 3.11. The largest absolute Gasteiger partial charge is 0.416 e. The summed E-state index contributed by atoms with van der Waals surface area (Å²) >= 11 is 0. The number of halogens is 6. The second-order valence-electron chi connectivity index (χ2n) is 6.88. The van der Waals surface area contributed by atoms with Gasteiger partial charge in [-0.25, -0.2) is 0 Å². The van der Waals surface area contributed by atoms with Crippen LogP contribution in [0.1, 0.15) is 35.2 Å². The standard InChI is InChI=1S/C20H19F6NO2/c1-12-10-28-18(17(27-12)14-5-3-2-4-6-14)29-11-13-7-15(19(21,22)23)9-16(8-13)20(24,25)26/h2-9,12,17-18,27H,10-11H2,1H3/t12-,17-,18-/m1/s1. The van der Waals surface area contributed by atoms with Crippen molar-refractivity contribution in [3.63, 3.8) is 0 Å². The normalized spacial score (nSPS) is 23.2. The van der Waals surface area contributed by atoms with E-state index in [4.69, 9.17) is 9.47 Å². The summed E-state index contributed by atoms with van der Waals surface area (Å²) in [6.07, 6.45) is -10.7. The molecule has 29 heavy (non-hydrogen) atoms. The maximum absolute atomic E-state index is 13.0. The van der Waals surface area contributed by atoms with Gasteiger partial charge in [0.25, 0.3) is 0 Å². The number of ether oxygens (including phenoxy) is 2. The molecule has 2 aromatic rings. The third-order valence-corrected chi connectivity index (χ3v) is 4.47. The first-order chi connectivity index (χ1) is 13.5. The molecule has 9 heteroatoms. The Hall–Kier alpha value is -2.10. The minimum absolute atomic E-state index is 0.00504. The van der Waals surface area contributed by atoms with Crippen LogP contribution in [0.25, 0.3) is 0 Å². The van der Waals surface area contributed by atoms with E-state index in [0.29, 0.717) is 18.7 Å². The fourth-order valence-electron chi connectivity index (χ4n) is 3.11. The average Bonchev–Trinajstić information content (AvgIpc) is 2.66. The van der Waals surface area contributed by atoms with Crippen molar-refractivity contribution in [3.8, 4) is 0 Å². The van der Waals surface area contributed by atoms with Crippen molar-refractivity contribution in [2.45, 2.75) is 44.3 Å². The van der Waals surface area contributed by atoms with E-state index in [2.05, 4.69) is 5.32 Å². The first-order valence-corrected chi connectivity index (χ1v) is 8.86. The van der Waals surface area contributed by atoms with Gasteiger partial charge in [0.1, 0.15) is 0 Å². The molecule has 2 aromatic carbocycles. The van der Waals surface area contributed by atoms with Gasteiger partial charge in [0.15, 0.2) is 6.29 Å². The molecule has 0 unspecified atom stereocenters. The van der Waals surface area contributed by atoms with Crippen LogP contribution in [0.15, 0.2) is 48.5 Å². The summed E-state index contributed by atoms with van der Waals surface area (Å²) in [5.41, 5.74) is -2.14. The average molecular weight is 419 g/mol. The van der Waals surface area contributed by atoms with Gasteiger partial charge in [0, 0.05) is 6.04 Å². The molecule has 1 aliphatic heterocycles. The van der Waals surface area contributed by atoms with Crippen molar-refractivity contribution in [2.75, 3.05) is 6.61 Å². The number of benzene rings is 2. The second-order valence-corrected chi connectivity index (χ2v) is 6.88. The van der Waals surface area contributed by atoms with E-state index in [9.17, 15) is 26.3 Å². The van der Waals surface area contributed by atoms with Crippen LogP contribution in [0.3, 0.4) is 0 Å². The van der Waals surface area contributed by atoms with Crippen LogP contribution in [0.5, 0.6) is 0 Å². The number of hydrogen-bond acceptors (Lipinski definition) is 3. The lowest BCUT2D eigenvalue weighted by atomic mass is 10.0. The van der Waals surface area contributed by atoms with Crippen LogP contribution in [-0.4, -0.2) is 18.9 Å². The number of hydrogen-bond donors (Lipinski definition) is 1. The fraction of sp³-hybridized carbons (Fsp3) is 0.400. The number of nitrogens with one attached hydrogen (secondary N) is 1. The lowest BCUT2D eigenvalue weighted by Crippen LogP contribution is -2.48. The Labute approximate surface area is 163 Å². The predicted octanol–water partition coefficient (Wildman–Crippen LogP) is 5.32.